The number of nitrogens with zero attached hydrogens (tertiary/aromatic N) is 3. The summed E-state index contributed by atoms with van der Waals surface area (Å²) in [5, 5.41) is 4.21. The minimum atomic E-state index is 0.124. The molecule has 0 bridgehead atoms. The predicted molar refractivity (Wildman–Crippen MR) is 99.7 cm³/mol. The zero-order valence-electron chi connectivity index (χ0n) is 14.2. The van der Waals surface area contributed by atoms with Crippen molar-refractivity contribution in [2.45, 2.75) is 25.8 Å². The Morgan fingerprint density at radius 3 is 2.58 bits per heavy atom. The summed E-state index contributed by atoms with van der Waals surface area (Å²) < 4.78 is 0. The summed E-state index contributed by atoms with van der Waals surface area (Å²) in [7, 11) is 3.63. The van der Waals surface area contributed by atoms with Gasteiger partial charge in [0.15, 0.2) is 5.96 Å². The van der Waals surface area contributed by atoms with Crippen LogP contribution >= 0.6 is 23.2 Å². The van der Waals surface area contributed by atoms with E-state index in [-0.39, 0.29) is 12.5 Å². The average molecular weight is 371 g/mol. The van der Waals surface area contributed by atoms with Gasteiger partial charge in [-0.25, -0.2) is 0 Å². The quantitative estimate of drug-likeness (QED) is 0.654. The highest BCUT2D eigenvalue weighted by Crippen LogP contribution is 2.23. The fourth-order valence-electron chi connectivity index (χ4n) is 2.78. The second-order valence-electron chi connectivity index (χ2n) is 5.95. The van der Waals surface area contributed by atoms with Crippen molar-refractivity contribution in [2.24, 2.45) is 4.99 Å². The largest absolute Gasteiger partial charge is 0.347 e. The van der Waals surface area contributed by atoms with Crippen molar-refractivity contribution < 1.29 is 4.79 Å². The van der Waals surface area contributed by atoms with E-state index in [0.29, 0.717) is 22.5 Å². The molecular formula is C17H24Cl2N4O. The summed E-state index contributed by atoms with van der Waals surface area (Å²) in [5.41, 5.74) is 1.03. The van der Waals surface area contributed by atoms with Gasteiger partial charge in [0.2, 0.25) is 5.91 Å². The van der Waals surface area contributed by atoms with Crippen LogP contribution in [0.5, 0.6) is 0 Å². The number of amides is 1. The van der Waals surface area contributed by atoms with E-state index in [9.17, 15) is 4.79 Å². The van der Waals surface area contributed by atoms with Crippen molar-refractivity contribution in [3.05, 3.63) is 33.8 Å². The van der Waals surface area contributed by atoms with Crippen molar-refractivity contribution in [3.63, 3.8) is 0 Å². The summed E-state index contributed by atoms with van der Waals surface area (Å²) in [6.07, 6.45) is 3.40. The van der Waals surface area contributed by atoms with E-state index in [1.54, 1.807) is 13.1 Å². The molecule has 1 saturated heterocycles. The topological polar surface area (TPSA) is 47.9 Å². The summed E-state index contributed by atoms with van der Waals surface area (Å²) in [4.78, 5) is 20.3. The van der Waals surface area contributed by atoms with Crippen molar-refractivity contribution >= 4 is 35.1 Å². The molecule has 0 unspecified atom stereocenters. The van der Waals surface area contributed by atoms with E-state index in [4.69, 9.17) is 23.2 Å². The smallest absolute Gasteiger partial charge is 0.241 e. The van der Waals surface area contributed by atoms with Crippen LogP contribution in [-0.4, -0.2) is 55.4 Å². The number of nitrogens with one attached hydrogen (secondary N) is 1. The van der Waals surface area contributed by atoms with Gasteiger partial charge in [-0.3, -0.25) is 9.79 Å². The fraction of sp³-hybridized carbons (Fsp3) is 0.529. The number of guanidine groups is 1. The molecule has 2 rings (SSSR count). The molecule has 1 aliphatic heterocycles. The maximum absolute atomic E-state index is 12.2. The van der Waals surface area contributed by atoms with E-state index < -0.39 is 0 Å². The Kier molecular flexibility index (Phi) is 7.18. The predicted octanol–water partition coefficient (Wildman–Crippen LogP) is 3.01. The van der Waals surface area contributed by atoms with E-state index in [2.05, 4.69) is 10.3 Å². The summed E-state index contributed by atoms with van der Waals surface area (Å²) in [6.45, 7) is 2.60. The molecule has 1 fully saturated rings. The SMILES string of the molecule is CN=C(NCC(=O)N1CCCCC1)N(C)Cc1ccc(Cl)c(Cl)c1. The number of carbonyl (C=O) groups excluding carboxylic acids is 1. The van der Waals surface area contributed by atoms with Gasteiger partial charge in [-0.2, -0.15) is 0 Å². The average Bonchev–Trinajstić information content (AvgIpc) is 2.59. The molecule has 5 nitrogen and oxygen atoms in total. The molecule has 0 aliphatic carbocycles. The molecule has 0 spiro atoms. The normalized spacial score (nSPS) is 15.3. The summed E-state index contributed by atoms with van der Waals surface area (Å²) >= 11 is 12.0. The fourth-order valence-corrected chi connectivity index (χ4v) is 3.10. The Balaban J connectivity index is 1.87. The Bertz CT molecular complexity index is 600. The summed E-state index contributed by atoms with van der Waals surface area (Å²) in [6, 6.07) is 5.55. The number of halogens is 2. The van der Waals surface area contributed by atoms with Crippen LogP contribution in [0.3, 0.4) is 0 Å². The minimum Gasteiger partial charge on any atom is -0.347 e. The van der Waals surface area contributed by atoms with Gasteiger partial charge in [0, 0.05) is 33.7 Å². The molecule has 24 heavy (non-hydrogen) atoms. The number of rotatable bonds is 4. The van der Waals surface area contributed by atoms with Crippen LogP contribution in [0.1, 0.15) is 24.8 Å². The Labute approximate surface area is 153 Å². The maximum Gasteiger partial charge on any atom is 0.241 e. The van der Waals surface area contributed by atoms with E-state index in [0.717, 1.165) is 31.5 Å². The molecule has 1 amide bonds. The van der Waals surface area contributed by atoms with Gasteiger partial charge in [-0.05, 0) is 37.0 Å². The van der Waals surface area contributed by atoms with Crippen LogP contribution in [0.25, 0.3) is 0 Å². The molecule has 1 aliphatic rings. The van der Waals surface area contributed by atoms with E-state index in [1.165, 1.54) is 6.42 Å². The van der Waals surface area contributed by atoms with Gasteiger partial charge in [0.1, 0.15) is 0 Å². The van der Waals surface area contributed by atoms with Crippen molar-refractivity contribution in [2.75, 3.05) is 33.7 Å². The first kappa shape index (κ1) is 18.9. The molecule has 0 aromatic heterocycles. The number of likely N-dealkylation sites (tertiary alicyclic amines) is 1. The Hall–Kier alpha value is -1.46. The minimum absolute atomic E-state index is 0.124. The third-order valence-electron chi connectivity index (χ3n) is 4.08. The van der Waals surface area contributed by atoms with Crippen LogP contribution < -0.4 is 5.32 Å². The van der Waals surface area contributed by atoms with Crippen LogP contribution in [0, 0.1) is 0 Å². The molecule has 0 atom stereocenters. The highest BCUT2D eigenvalue weighted by Gasteiger charge is 2.17. The highest BCUT2D eigenvalue weighted by molar-refractivity contribution is 6.42. The number of hydrogen-bond acceptors (Lipinski definition) is 2. The Morgan fingerprint density at radius 2 is 1.96 bits per heavy atom. The third kappa shape index (κ3) is 5.28. The van der Waals surface area contributed by atoms with E-state index >= 15 is 0 Å². The van der Waals surface area contributed by atoms with Crippen LogP contribution in [0.15, 0.2) is 23.2 Å². The third-order valence-corrected chi connectivity index (χ3v) is 4.82. The molecule has 132 valence electrons. The maximum atomic E-state index is 12.2. The zero-order chi connectivity index (χ0) is 17.5. The molecular weight excluding hydrogens is 347 g/mol. The summed E-state index contributed by atoms with van der Waals surface area (Å²) in [5.74, 6) is 0.796. The Morgan fingerprint density at radius 1 is 1.25 bits per heavy atom. The molecule has 1 aromatic carbocycles. The number of aliphatic imine (C=N–C) groups is 1. The first-order valence-electron chi connectivity index (χ1n) is 8.14. The van der Waals surface area contributed by atoms with Gasteiger partial charge >= 0.3 is 0 Å². The molecule has 7 heteroatoms. The molecule has 0 radical (unpaired) electrons. The van der Waals surface area contributed by atoms with Crippen LogP contribution in [0.2, 0.25) is 10.0 Å². The van der Waals surface area contributed by atoms with Gasteiger partial charge in [-0.15, -0.1) is 0 Å². The standard InChI is InChI=1S/C17H24Cl2N4O/c1-20-17(21-11-16(24)23-8-4-3-5-9-23)22(2)12-13-6-7-14(18)15(19)10-13/h6-7,10H,3-5,8-9,11-12H2,1-2H3,(H,20,21). The van der Waals surface area contributed by atoms with Gasteiger partial charge < -0.3 is 15.1 Å². The number of carbonyl (C=O) groups is 1. The number of benzene rings is 1. The van der Waals surface area contributed by atoms with Crippen molar-refractivity contribution in [1.29, 1.82) is 0 Å². The van der Waals surface area contributed by atoms with Crippen molar-refractivity contribution in [3.8, 4) is 0 Å². The monoisotopic (exact) mass is 370 g/mol. The van der Waals surface area contributed by atoms with Crippen LogP contribution in [0.4, 0.5) is 0 Å². The van der Waals surface area contributed by atoms with E-state index in [1.807, 2.05) is 29.0 Å². The number of piperidine rings is 1. The molecule has 1 N–H and O–H groups in total. The number of hydrogen-bond donors (Lipinski definition) is 1. The lowest BCUT2D eigenvalue weighted by Gasteiger charge is -2.28. The van der Waals surface area contributed by atoms with Crippen LogP contribution in [-0.2, 0) is 11.3 Å². The lowest BCUT2D eigenvalue weighted by molar-refractivity contribution is -0.130. The van der Waals surface area contributed by atoms with Gasteiger partial charge in [0.05, 0.1) is 16.6 Å². The second-order valence-corrected chi connectivity index (χ2v) is 6.76. The molecule has 0 saturated carbocycles. The molecule has 1 aromatic rings. The second kappa shape index (κ2) is 9.14. The first-order chi connectivity index (χ1) is 11.5. The molecule has 1 heterocycles. The highest BCUT2D eigenvalue weighted by atomic mass is 35.5. The zero-order valence-corrected chi connectivity index (χ0v) is 15.7. The van der Waals surface area contributed by atoms with Gasteiger partial charge in [-0.1, -0.05) is 29.3 Å². The van der Waals surface area contributed by atoms with Gasteiger partial charge in [0.25, 0.3) is 0 Å². The lowest BCUT2D eigenvalue weighted by Crippen LogP contribution is -2.46. The lowest BCUT2D eigenvalue weighted by atomic mass is 10.1. The first-order valence-corrected chi connectivity index (χ1v) is 8.90. The van der Waals surface area contributed by atoms with Crippen molar-refractivity contribution in [1.82, 2.24) is 15.1 Å².